The van der Waals surface area contributed by atoms with E-state index in [1.807, 2.05) is 17.4 Å². The average Bonchev–Trinajstić information content (AvgIpc) is 3.69. The van der Waals surface area contributed by atoms with Crippen LogP contribution in [0.1, 0.15) is 11.1 Å². The van der Waals surface area contributed by atoms with Crippen LogP contribution in [-0.4, -0.2) is 14.5 Å². The van der Waals surface area contributed by atoms with Gasteiger partial charge in [-0.25, -0.2) is 9.97 Å². The Morgan fingerprint density at radius 3 is 1.88 bits per heavy atom. The van der Waals surface area contributed by atoms with Gasteiger partial charge in [-0.3, -0.25) is 0 Å². The van der Waals surface area contributed by atoms with E-state index in [9.17, 15) is 0 Å². The highest BCUT2D eigenvalue weighted by Crippen LogP contribution is 2.39. The summed E-state index contributed by atoms with van der Waals surface area (Å²) >= 11 is 1.86. The lowest BCUT2D eigenvalue weighted by Gasteiger charge is -2.12. The molecule has 50 heavy (non-hydrogen) atoms. The van der Waals surface area contributed by atoms with Crippen molar-refractivity contribution >= 4 is 64.2 Å². The van der Waals surface area contributed by atoms with Crippen LogP contribution in [0.3, 0.4) is 0 Å². The monoisotopic (exact) mass is 657 g/mol. The van der Waals surface area contributed by atoms with Gasteiger partial charge >= 0.3 is 0 Å². The summed E-state index contributed by atoms with van der Waals surface area (Å²) in [4.78, 5) is 10.2. The maximum Gasteiger partial charge on any atom is 0.160 e. The molecule has 10 aromatic rings. The van der Waals surface area contributed by atoms with Gasteiger partial charge in [0, 0.05) is 53.1 Å². The number of para-hydroxylation sites is 2. The molecule has 7 aromatic carbocycles. The predicted octanol–water partition coefficient (Wildman–Crippen LogP) is 12.7. The Hall–Kier alpha value is -6.10. The van der Waals surface area contributed by atoms with Crippen molar-refractivity contribution in [3.63, 3.8) is 0 Å². The number of aryl methyl sites for hydroxylation is 2. The third kappa shape index (κ3) is 4.64. The largest absolute Gasteiger partial charge is 0.309 e. The number of rotatable bonds is 4. The van der Waals surface area contributed by atoms with Gasteiger partial charge in [0.2, 0.25) is 0 Å². The fourth-order valence-corrected chi connectivity index (χ4v) is 8.72. The summed E-state index contributed by atoms with van der Waals surface area (Å²) < 4.78 is 5.03. The van der Waals surface area contributed by atoms with Crippen LogP contribution in [0.5, 0.6) is 0 Å². The van der Waals surface area contributed by atoms with Crippen molar-refractivity contribution in [2.75, 3.05) is 0 Å². The molecule has 10 rings (SSSR count). The average molecular weight is 658 g/mol. The van der Waals surface area contributed by atoms with E-state index in [1.165, 1.54) is 64.2 Å². The van der Waals surface area contributed by atoms with Gasteiger partial charge in [-0.2, -0.15) is 0 Å². The third-order valence-corrected chi connectivity index (χ3v) is 11.0. The summed E-state index contributed by atoms with van der Waals surface area (Å²) in [6.45, 7) is 4.28. The minimum absolute atomic E-state index is 0.728. The predicted molar refractivity (Wildman–Crippen MR) is 213 cm³/mol. The molecule has 3 aromatic heterocycles. The summed E-state index contributed by atoms with van der Waals surface area (Å²) in [6.07, 6.45) is 0. The molecule has 236 valence electrons. The second kappa shape index (κ2) is 11.2. The SMILES string of the molecule is Cc1cc(C)cc(-c2nc(-c3ccc(-n4c5ccccc5c5cc(-c6ccc7sc8ccccc8c7c6)ccc54)cc3)nc3ccccc23)c1. The molecule has 0 bridgehead atoms. The van der Waals surface area contributed by atoms with Gasteiger partial charge in [0.15, 0.2) is 5.82 Å². The van der Waals surface area contributed by atoms with Crippen LogP contribution < -0.4 is 0 Å². The topological polar surface area (TPSA) is 30.7 Å². The van der Waals surface area contributed by atoms with Crippen molar-refractivity contribution in [2.24, 2.45) is 0 Å². The molecule has 0 atom stereocenters. The molecule has 0 fully saturated rings. The fraction of sp³-hybridized carbons (Fsp3) is 0.0435. The molecule has 0 spiro atoms. The number of nitrogens with zero attached hydrogens (tertiary/aromatic N) is 3. The number of benzene rings is 7. The molecule has 0 N–H and O–H groups in total. The minimum atomic E-state index is 0.728. The normalized spacial score (nSPS) is 11.8. The van der Waals surface area contributed by atoms with Crippen LogP contribution in [0.15, 0.2) is 152 Å². The standard InChI is InChI=1S/C46H31N3S/c1-28-23-29(2)25-33(24-28)45-37-11-3-6-12-40(37)47-46(48-45)30-15-19-34(20-16-30)49-41-13-7-4-9-35(41)38-26-31(17-21-42(38)49)32-18-22-44-39(27-32)36-10-5-8-14-43(36)50-44/h3-27H,1-2H3. The van der Waals surface area contributed by atoms with Gasteiger partial charge < -0.3 is 4.57 Å². The Labute approximate surface area is 293 Å². The van der Waals surface area contributed by atoms with E-state index in [1.54, 1.807) is 0 Å². The molecule has 0 saturated carbocycles. The Bertz CT molecular complexity index is 2930. The number of hydrogen-bond acceptors (Lipinski definition) is 3. The minimum Gasteiger partial charge on any atom is -0.309 e. The van der Waals surface area contributed by atoms with Gasteiger partial charge in [-0.1, -0.05) is 83.9 Å². The van der Waals surface area contributed by atoms with Crippen LogP contribution in [0.4, 0.5) is 0 Å². The molecule has 0 radical (unpaired) electrons. The number of thiophene rings is 1. The van der Waals surface area contributed by atoms with E-state index in [0.29, 0.717) is 0 Å². The van der Waals surface area contributed by atoms with Gasteiger partial charge in [0.25, 0.3) is 0 Å². The summed E-state index contributed by atoms with van der Waals surface area (Å²) in [7, 11) is 0. The van der Waals surface area contributed by atoms with E-state index < -0.39 is 0 Å². The zero-order valence-electron chi connectivity index (χ0n) is 27.7. The second-order valence-electron chi connectivity index (χ2n) is 13.2. The molecular formula is C46H31N3S. The van der Waals surface area contributed by atoms with Crippen molar-refractivity contribution in [1.29, 1.82) is 0 Å². The number of hydrogen-bond donors (Lipinski definition) is 0. The maximum absolute atomic E-state index is 5.17. The van der Waals surface area contributed by atoms with Crippen LogP contribution in [0, 0.1) is 13.8 Å². The van der Waals surface area contributed by atoms with Gasteiger partial charge in [-0.15, -0.1) is 11.3 Å². The van der Waals surface area contributed by atoms with Gasteiger partial charge in [0.05, 0.1) is 22.2 Å². The Balaban J connectivity index is 1.08. The van der Waals surface area contributed by atoms with Crippen LogP contribution in [0.25, 0.3) is 92.3 Å². The zero-order chi connectivity index (χ0) is 33.3. The molecule has 0 amide bonds. The van der Waals surface area contributed by atoms with E-state index in [0.717, 1.165) is 39.2 Å². The smallest absolute Gasteiger partial charge is 0.160 e. The zero-order valence-corrected chi connectivity index (χ0v) is 28.5. The molecule has 0 aliphatic rings. The van der Waals surface area contributed by atoms with Crippen molar-refractivity contribution < 1.29 is 0 Å². The third-order valence-electron chi connectivity index (χ3n) is 9.86. The summed E-state index contributed by atoms with van der Waals surface area (Å²) in [6, 6.07) is 54.8. The number of fused-ring (bicyclic) bond motifs is 7. The lowest BCUT2D eigenvalue weighted by Crippen LogP contribution is -1.97. The van der Waals surface area contributed by atoms with E-state index in [-0.39, 0.29) is 0 Å². The Kier molecular flexibility index (Phi) is 6.48. The van der Waals surface area contributed by atoms with E-state index in [4.69, 9.17) is 9.97 Å². The van der Waals surface area contributed by atoms with E-state index in [2.05, 4.69) is 164 Å². The first kappa shape index (κ1) is 28.9. The van der Waals surface area contributed by atoms with Crippen molar-refractivity contribution in [3.05, 3.63) is 163 Å². The van der Waals surface area contributed by atoms with Crippen LogP contribution >= 0.6 is 11.3 Å². The van der Waals surface area contributed by atoms with Crippen molar-refractivity contribution in [2.45, 2.75) is 13.8 Å². The molecule has 3 heterocycles. The van der Waals surface area contributed by atoms with Crippen LogP contribution in [0.2, 0.25) is 0 Å². The van der Waals surface area contributed by atoms with Gasteiger partial charge in [-0.05, 0) is 104 Å². The highest BCUT2D eigenvalue weighted by Gasteiger charge is 2.16. The first-order valence-corrected chi connectivity index (χ1v) is 17.8. The van der Waals surface area contributed by atoms with Crippen molar-refractivity contribution in [3.8, 4) is 39.5 Å². The quantitative estimate of drug-likeness (QED) is 0.189. The highest BCUT2D eigenvalue weighted by molar-refractivity contribution is 7.25. The first-order chi connectivity index (χ1) is 24.6. The summed E-state index contributed by atoms with van der Waals surface area (Å²) in [5, 5.41) is 6.19. The lowest BCUT2D eigenvalue weighted by atomic mass is 10.0. The maximum atomic E-state index is 5.17. The van der Waals surface area contributed by atoms with E-state index >= 15 is 0 Å². The van der Waals surface area contributed by atoms with Gasteiger partial charge in [0.1, 0.15) is 0 Å². The summed E-state index contributed by atoms with van der Waals surface area (Å²) in [5.74, 6) is 0.728. The Morgan fingerprint density at radius 2 is 1.06 bits per heavy atom. The lowest BCUT2D eigenvalue weighted by molar-refractivity contribution is 1.17. The molecular weight excluding hydrogens is 627 g/mol. The Morgan fingerprint density at radius 1 is 0.440 bits per heavy atom. The molecule has 0 aliphatic heterocycles. The molecule has 4 heteroatoms. The second-order valence-corrected chi connectivity index (χ2v) is 14.3. The highest BCUT2D eigenvalue weighted by atomic mass is 32.1. The number of aromatic nitrogens is 3. The summed E-state index contributed by atoms with van der Waals surface area (Å²) in [5.41, 5.74) is 12.4. The molecule has 3 nitrogen and oxygen atoms in total. The first-order valence-electron chi connectivity index (χ1n) is 17.0. The molecule has 0 aliphatic carbocycles. The molecule has 0 saturated heterocycles. The fourth-order valence-electron chi connectivity index (χ4n) is 7.63. The van der Waals surface area contributed by atoms with Crippen molar-refractivity contribution in [1.82, 2.24) is 14.5 Å². The van der Waals surface area contributed by atoms with Crippen LogP contribution in [-0.2, 0) is 0 Å². The molecule has 0 unspecified atom stereocenters.